The Bertz CT molecular complexity index is 922. The Hall–Kier alpha value is -2.30. The number of sulfonamides is 1. The molecular formula is C16H18N2O6S2. The molecule has 10 heteroatoms. The molecule has 140 valence electrons. The number of hydrogen-bond donors (Lipinski definition) is 1. The third-order valence-corrected chi connectivity index (χ3v) is 6.91. The van der Waals surface area contributed by atoms with E-state index >= 15 is 0 Å². The zero-order valence-corrected chi connectivity index (χ0v) is 16.2. The van der Waals surface area contributed by atoms with E-state index in [1.165, 1.54) is 14.0 Å². The summed E-state index contributed by atoms with van der Waals surface area (Å²) in [5.41, 5.74) is 0.523. The number of esters is 2. The van der Waals surface area contributed by atoms with Crippen LogP contribution in [0.1, 0.15) is 44.3 Å². The SMILES string of the molecule is COC(=O)c1sc(S(=O)(=O)NC(C)c2ccccn2)c(C(=O)OC)c1C. The summed E-state index contributed by atoms with van der Waals surface area (Å²) in [5, 5.41) is 0. The quantitative estimate of drug-likeness (QED) is 0.741. The molecule has 0 fully saturated rings. The summed E-state index contributed by atoms with van der Waals surface area (Å²) < 4.78 is 37.2. The minimum atomic E-state index is -4.12. The molecule has 0 radical (unpaired) electrons. The molecule has 0 amide bonds. The number of pyridine rings is 1. The van der Waals surface area contributed by atoms with E-state index in [0.717, 1.165) is 7.11 Å². The minimum absolute atomic E-state index is 0.0266. The van der Waals surface area contributed by atoms with Gasteiger partial charge in [-0.1, -0.05) is 6.07 Å². The van der Waals surface area contributed by atoms with Crippen molar-refractivity contribution in [1.82, 2.24) is 9.71 Å². The number of nitrogens with zero attached hydrogens (tertiary/aromatic N) is 1. The highest BCUT2D eigenvalue weighted by Gasteiger charge is 2.33. The Morgan fingerprint density at radius 2 is 1.85 bits per heavy atom. The molecule has 0 saturated heterocycles. The molecule has 0 bridgehead atoms. The molecule has 2 heterocycles. The van der Waals surface area contributed by atoms with E-state index in [1.54, 1.807) is 31.3 Å². The van der Waals surface area contributed by atoms with Crippen LogP contribution in [-0.4, -0.2) is 39.6 Å². The maximum absolute atomic E-state index is 12.8. The van der Waals surface area contributed by atoms with E-state index in [-0.39, 0.29) is 20.2 Å². The fourth-order valence-electron chi connectivity index (χ4n) is 2.28. The zero-order valence-electron chi connectivity index (χ0n) is 14.6. The number of hydrogen-bond acceptors (Lipinski definition) is 8. The number of methoxy groups -OCH3 is 2. The molecule has 0 aromatic carbocycles. The van der Waals surface area contributed by atoms with Crippen molar-refractivity contribution in [2.24, 2.45) is 0 Å². The second kappa shape index (κ2) is 7.94. The monoisotopic (exact) mass is 398 g/mol. The lowest BCUT2D eigenvalue weighted by Gasteiger charge is -2.13. The second-order valence-corrected chi connectivity index (χ2v) is 8.23. The van der Waals surface area contributed by atoms with E-state index in [4.69, 9.17) is 0 Å². The standard InChI is InChI=1S/C16H18N2O6S2/c1-9-12(14(19)23-3)16(25-13(9)15(20)24-4)26(21,22)18-10(2)11-7-5-6-8-17-11/h5-8,10,18H,1-4H3. The van der Waals surface area contributed by atoms with E-state index in [2.05, 4.69) is 19.2 Å². The molecule has 0 aliphatic carbocycles. The number of aromatic nitrogens is 1. The van der Waals surface area contributed by atoms with Gasteiger partial charge in [-0.25, -0.2) is 22.7 Å². The number of ether oxygens (including phenoxy) is 2. The van der Waals surface area contributed by atoms with Crippen LogP contribution in [0.3, 0.4) is 0 Å². The molecule has 8 nitrogen and oxygen atoms in total. The number of carbonyl (C=O) groups is 2. The highest BCUT2D eigenvalue weighted by atomic mass is 32.2. The smallest absolute Gasteiger partial charge is 0.348 e. The van der Waals surface area contributed by atoms with Gasteiger partial charge in [0.2, 0.25) is 0 Å². The maximum Gasteiger partial charge on any atom is 0.348 e. The molecule has 1 unspecified atom stereocenters. The molecule has 1 atom stereocenters. The van der Waals surface area contributed by atoms with Gasteiger partial charge in [-0.05, 0) is 31.5 Å². The molecule has 0 saturated carbocycles. The van der Waals surface area contributed by atoms with Gasteiger partial charge in [0.05, 0.1) is 31.5 Å². The van der Waals surface area contributed by atoms with Crippen molar-refractivity contribution in [3.63, 3.8) is 0 Å². The summed E-state index contributed by atoms with van der Waals surface area (Å²) in [6.07, 6.45) is 1.55. The van der Waals surface area contributed by atoms with E-state index in [9.17, 15) is 18.0 Å². The lowest BCUT2D eigenvalue weighted by atomic mass is 10.2. The van der Waals surface area contributed by atoms with Gasteiger partial charge in [0.1, 0.15) is 4.88 Å². The first kappa shape index (κ1) is 20.0. The Balaban J connectivity index is 2.51. The number of carbonyl (C=O) groups excluding carboxylic acids is 2. The molecular weight excluding hydrogens is 380 g/mol. The summed E-state index contributed by atoms with van der Waals surface area (Å²) >= 11 is 0.660. The van der Waals surface area contributed by atoms with Crippen molar-refractivity contribution in [1.29, 1.82) is 0 Å². The number of nitrogens with one attached hydrogen (secondary N) is 1. The molecule has 2 rings (SSSR count). The van der Waals surface area contributed by atoms with Crippen LogP contribution in [-0.2, 0) is 19.5 Å². The summed E-state index contributed by atoms with van der Waals surface area (Å²) in [6, 6.07) is 4.48. The Labute approximate surface area is 155 Å². The lowest BCUT2D eigenvalue weighted by molar-refractivity contribution is 0.0596. The van der Waals surface area contributed by atoms with Gasteiger partial charge in [-0.3, -0.25) is 4.98 Å². The fraction of sp³-hybridized carbons (Fsp3) is 0.312. The maximum atomic E-state index is 12.8. The molecule has 0 aliphatic heterocycles. The van der Waals surface area contributed by atoms with Crippen molar-refractivity contribution in [2.45, 2.75) is 24.1 Å². The summed E-state index contributed by atoms with van der Waals surface area (Å²) in [5.74, 6) is -1.57. The Kier molecular flexibility index (Phi) is 6.11. The topological polar surface area (TPSA) is 112 Å². The average molecular weight is 398 g/mol. The van der Waals surface area contributed by atoms with E-state index < -0.39 is 28.0 Å². The van der Waals surface area contributed by atoms with Crippen LogP contribution in [0, 0.1) is 6.92 Å². The average Bonchev–Trinajstić information content (AvgIpc) is 2.99. The lowest BCUT2D eigenvalue weighted by Crippen LogP contribution is -2.28. The Morgan fingerprint density at radius 3 is 2.38 bits per heavy atom. The normalized spacial score (nSPS) is 12.5. The molecule has 1 N–H and O–H groups in total. The van der Waals surface area contributed by atoms with Crippen LogP contribution >= 0.6 is 11.3 Å². The largest absolute Gasteiger partial charge is 0.465 e. The van der Waals surface area contributed by atoms with Crippen molar-refractivity contribution in [2.75, 3.05) is 14.2 Å². The van der Waals surface area contributed by atoms with Crippen LogP contribution in [0.15, 0.2) is 28.6 Å². The first-order chi connectivity index (χ1) is 12.2. The van der Waals surface area contributed by atoms with Crippen molar-refractivity contribution < 1.29 is 27.5 Å². The number of thiophene rings is 1. The van der Waals surface area contributed by atoms with Gasteiger partial charge >= 0.3 is 11.9 Å². The summed E-state index contributed by atoms with van der Waals surface area (Å²) in [4.78, 5) is 28.1. The van der Waals surface area contributed by atoms with Gasteiger partial charge < -0.3 is 9.47 Å². The molecule has 26 heavy (non-hydrogen) atoms. The third-order valence-electron chi connectivity index (χ3n) is 3.58. The van der Waals surface area contributed by atoms with Crippen LogP contribution < -0.4 is 4.72 Å². The van der Waals surface area contributed by atoms with Gasteiger partial charge in [-0.15, -0.1) is 11.3 Å². The van der Waals surface area contributed by atoms with Crippen LogP contribution in [0.25, 0.3) is 0 Å². The molecule has 0 aliphatic rings. The first-order valence-corrected chi connectivity index (χ1v) is 9.76. The predicted octanol–water partition coefficient (Wildman–Crippen LogP) is 2.06. The van der Waals surface area contributed by atoms with Gasteiger partial charge in [-0.2, -0.15) is 0 Å². The molecule has 2 aromatic heterocycles. The zero-order chi connectivity index (χ0) is 19.5. The van der Waals surface area contributed by atoms with Crippen LogP contribution in [0.2, 0.25) is 0 Å². The van der Waals surface area contributed by atoms with Gasteiger partial charge in [0.25, 0.3) is 10.0 Å². The minimum Gasteiger partial charge on any atom is -0.465 e. The second-order valence-electron chi connectivity index (χ2n) is 5.30. The van der Waals surface area contributed by atoms with E-state index in [1.807, 2.05) is 0 Å². The number of rotatable bonds is 6. The van der Waals surface area contributed by atoms with Crippen LogP contribution in [0.5, 0.6) is 0 Å². The van der Waals surface area contributed by atoms with Crippen molar-refractivity contribution in [3.05, 3.63) is 46.1 Å². The summed E-state index contributed by atoms with van der Waals surface area (Å²) in [7, 11) is -1.80. The molecule has 0 spiro atoms. The first-order valence-electron chi connectivity index (χ1n) is 7.46. The predicted molar refractivity (Wildman–Crippen MR) is 94.7 cm³/mol. The highest BCUT2D eigenvalue weighted by molar-refractivity contribution is 7.91. The fourth-order valence-corrected chi connectivity index (χ4v) is 5.26. The van der Waals surface area contributed by atoms with Gasteiger partial charge in [0.15, 0.2) is 4.21 Å². The van der Waals surface area contributed by atoms with E-state index in [0.29, 0.717) is 17.0 Å². The molecule has 2 aromatic rings. The van der Waals surface area contributed by atoms with Crippen molar-refractivity contribution >= 4 is 33.3 Å². The Morgan fingerprint density at radius 1 is 1.19 bits per heavy atom. The van der Waals surface area contributed by atoms with Gasteiger partial charge in [0, 0.05) is 6.20 Å². The van der Waals surface area contributed by atoms with Crippen molar-refractivity contribution in [3.8, 4) is 0 Å². The third kappa shape index (κ3) is 3.92. The summed E-state index contributed by atoms with van der Waals surface area (Å²) in [6.45, 7) is 3.09. The highest BCUT2D eigenvalue weighted by Crippen LogP contribution is 2.33. The van der Waals surface area contributed by atoms with Crippen LogP contribution in [0.4, 0.5) is 0 Å².